The molecule has 3 aromatic rings. The van der Waals surface area contributed by atoms with Crippen molar-refractivity contribution in [1.29, 1.82) is 0 Å². The van der Waals surface area contributed by atoms with Crippen LogP contribution in [0.2, 0.25) is 0 Å². The summed E-state index contributed by atoms with van der Waals surface area (Å²) in [6, 6.07) is 17.8. The van der Waals surface area contributed by atoms with Crippen LogP contribution in [0.4, 0.5) is 0 Å². The second-order valence-corrected chi connectivity index (χ2v) is 8.20. The van der Waals surface area contributed by atoms with E-state index in [-0.39, 0.29) is 17.8 Å². The van der Waals surface area contributed by atoms with Crippen molar-refractivity contribution in [3.8, 4) is 11.4 Å². The van der Waals surface area contributed by atoms with Crippen LogP contribution in [0.25, 0.3) is 5.69 Å². The van der Waals surface area contributed by atoms with Crippen molar-refractivity contribution in [2.24, 2.45) is 0 Å². The van der Waals surface area contributed by atoms with Gasteiger partial charge in [-0.2, -0.15) is 0 Å². The monoisotopic (exact) mass is 424 g/mol. The number of thioether (sulfide) groups is 1. The number of hydrogen-bond donors (Lipinski definition) is 0. The number of benzene rings is 2. The molecule has 0 radical (unpaired) electrons. The fourth-order valence-electron chi connectivity index (χ4n) is 3.17. The molecule has 0 aliphatic carbocycles. The molecular formula is C23H28N4O2S. The molecule has 0 saturated heterocycles. The topological polar surface area (TPSA) is 60.3 Å². The van der Waals surface area contributed by atoms with Gasteiger partial charge in [0.2, 0.25) is 5.91 Å². The molecule has 0 aliphatic heterocycles. The van der Waals surface area contributed by atoms with Gasteiger partial charge in [0.1, 0.15) is 12.4 Å². The summed E-state index contributed by atoms with van der Waals surface area (Å²) >= 11 is 1.42. The highest BCUT2D eigenvalue weighted by atomic mass is 32.2. The first-order chi connectivity index (χ1) is 14.5. The van der Waals surface area contributed by atoms with E-state index >= 15 is 0 Å². The van der Waals surface area contributed by atoms with Gasteiger partial charge >= 0.3 is 0 Å². The van der Waals surface area contributed by atoms with Gasteiger partial charge < -0.3 is 9.64 Å². The van der Waals surface area contributed by atoms with Crippen LogP contribution in [0.3, 0.4) is 0 Å². The molecule has 1 atom stereocenters. The Bertz CT molecular complexity index is 970. The fraction of sp³-hybridized carbons (Fsp3) is 0.348. The van der Waals surface area contributed by atoms with Crippen LogP contribution in [0, 0.1) is 6.92 Å². The van der Waals surface area contributed by atoms with Crippen LogP contribution in [-0.2, 0) is 11.4 Å². The first-order valence-electron chi connectivity index (χ1n) is 10.2. The minimum absolute atomic E-state index is 0.102. The SMILES string of the molecule is CCN(CC)C(=O)C(C)Sc1nnc(COc2ccccc2C)n1-c1ccccc1. The number of aryl methyl sites for hydroxylation is 1. The van der Waals surface area contributed by atoms with Crippen molar-refractivity contribution < 1.29 is 9.53 Å². The van der Waals surface area contributed by atoms with Gasteiger partial charge in [0.05, 0.1) is 5.25 Å². The molecule has 0 aliphatic rings. The standard InChI is InChI=1S/C23H28N4O2S/c1-5-26(6-2)22(28)18(4)30-23-25-24-21(27(23)19-13-8-7-9-14-19)16-29-20-15-11-10-12-17(20)3/h7-15,18H,5-6,16H2,1-4H3. The molecule has 1 aromatic heterocycles. The number of hydrogen-bond acceptors (Lipinski definition) is 5. The molecule has 0 saturated carbocycles. The van der Waals surface area contributed by atoms with Crippen LogP contribution in [0.1, 0.15) is 32.2 Å². The molecule has 2 aromatic carbocycles. The molecule has 158 valence electrons. The first-order valence-corrected chi connectivity index (χ1v) is 11.1. The quantitative estimate of drug-likeness (QED) is 0.473. The maximum absolute atomic E-state index is 12.7. The smallest absolute Gasteiger partial charge is 0.235 e. The van der Waals surface area contributed by atoms with Gasteiger partial charge in [-0.1, -0.05) is 48.2 Å². The zero-order valence-corrected chi connectivity index (χ0v) is 18.7. The van der Waals surface area contributed by atoms with E-state index in [0.29, 0.717) is 24.1 Å². The fourth-order valence-corrected chi connectivity index (χ4v) is 4.14. The van der Waals surface area contributed by atoms with Crippen LogP contribution in [0.15, 0.2) is 59.8 Å². The molecule has 3 rings (SSSR count). The highest BCUT2D eigenvalue weighted by Gasteiger charge is 2.24. The molecule has 30 heavy (non-hydrogen) atoms. The van der Waals surface area contributed by atoms with Crippen LogP contribution >= 0.6 is 11.8 Å². The van der Waals surface area contributed by atoms with Crippen molar-refractivity contribution >= 4 is 17.7 Å². The second kappa shape index (κ2) is 10.3. The second-order valence-electron chi connectivity index (χ2n) is 6.89. The van der Waals surface area contributed by atoms with Crippen LogP contribution in [0.5, 0.6) is 5.75 Å². The summed E-state index contributed by atoms with van der Waals surface area (Å²) in [6.07, 6.45) is 0. The van der Waals surface area contributed by atoms with E-state index in [1.54, 1.807) is 0 Å². The van der Waals surface area contributed by atoms with Crippen LogP contribution in [-0.4, -0.2) is 43.9 Å². The number of amides is 1. The van der Waals surface area contributed by atoms with Gasteiger partial charge in [-0.05, 0) is 51.5 Å². The molecule has 0 spiro atoms. The number of carbonyl (C=O) groups excluding carboxylic acids is 1. The average molecular weight is 425 g/mol. The lowest BCUT2D eigenvalue weighted by Crippen LogP contribution is -2.36. The summed E-state index contributed by atoms with van der Waals surface area (Å²) in [5.41, 5.74) is 2.01. The van der Waals surface area contributed by atoms with E-state index in [2.05, 4.69) is 10.2 Å². The Balaban J connectivity index is 1.87. The molecule has 6 nitrogen and oxygen atoms in total. The summed E-state index contributed by atoms with van der Waals surface area (Å²) in [6.45, 7) is 9.59. The molecule has 1 amide bonds. The third-order valence-electron chi connectivity index (χ3n) is 4.87. The average Bonchev–Trinajstić information content (AvgIpc) is 3.16. The predicted octanol–water partition coefficient (Wildman–Crippen LogP) is 4.50. The summed E-state index contributed by atoms with van der Waals surface area (Å²) in [7, 11) is 0. The van der Waals surface area contributed by atoms with Crippen molar-refractivity contribution in [3.63, 3.8) is 0 Å². The Morgan fingerprint density at radius 3 is 2.40 bits per heavy atom. The number of para-hydroxylation sites is 2. The van der Waals surface area contributed by atoms with E-state index in [9.17, 15) is 4.79 Å². The number of aromatic nitrogens is 3. The van der Waals surface area contributed by atoms with E-state index in [0.717, 1.165) is 17.0 Å². The Morgan fingerprint density at radius 2 is 1.73 bits per heavy atom. The lowest BCUT2D eigenvalue weighted by atomic mass is 10.2. The van der Waals surface area contributed by atoms with Gasteiger partial charge in [-0.15, -0.1) is 10.2 Å². The van der Waals surface area contributed by atoms with E-state index in [1.807, 2.05) is 91.8 Å². The highest BCUT2D eigenvalue weighted by molar-refractivity contribution is 8.00. The number of carbonyl (C=O) groups is 1. The van der Waals surface area contributed by atoms with Crippen molar-refractivity contribution in [2.75, 3.05) is 13.1 Å². The van der Waals surface area contributed by atoms with E-state index in [4.69, 9.17) is 4.74 Å². The maximum Gasteiger partial charge on any atom is 0.235 e. The highest BCUT2D eigenvalue weighted by Crippen LogP contribution is 2.27. The Hall–Kier alpha value is -2.80. The third kappa shape index (κ3) is 5.02. The molecule has 0 fully saturated rings. The lowest BCUT2D eigenvalue weighted by molar-refractivity contribution is -0.129. The number of nitrogens with zero attached hydrogens (tertiary/aromatic N) is 4. The first kappa shape index (κ1) is 21.9. The zero-order valence-electron chi connectivity index (χ0n) is 17.9. The lowest BCUT2D eigenvalue weighted by Gasteiger charge is -2.22. The largest absolute Gasteiger partial charge is 0.485 e. The minimum Gasteiger partial charge on any atom is -0.485 e. The van der Waals surface area contributed by atoms with Gasteiger partial charge in [-0.3, -0.25) is 9.36 Å². The number of rotatable bonds is 9. The molecule has 0 bridgehead atoms. The van der Waals surface area contributed by atoms with Gasteiger partial charge in [0.15, 0.2) is 11.0 Å². The maximum atomic E-state index is 12.7. The Morgan fingerprint density at radius 1 is 1.07 bits per heavy atom. The zero-order chi connectivity index (χ0) is 21.5. The van der Waals surface area contributed by atoms with Crippen molar-refractivity contribution in [3.05, 3.63) is 66.0 Å². The van der Waals surface area contributed by atoms with E-state index < -0.39 is 0 Å². The summed E-state index contributed by atoms with van der Waals surface area (Å²) < 4.78 is 7.98. The summed E-state index contributed by atoms with van der Waals surface area (Å²) in [5.74, 6) is 1.61. The Labute approximate surface area is 182 Å². The molecule has 7 heteroatoms. The van der Waals surface area contributed by atoms with Crippen molar-refractivity contribution in [1.82, 2.24) is 19.7 Å². The van der Waals surface area contributed by atoms with Crippen LogP contribution < -0.4 is 4.74 Å². The Kier molecular flexibility index (Phi) is 7.52. The van der Waals surface area contributed by atoms with Gasteiger partial charge in [-0.25, -0.2) is 0 Å². The van der Waals surface area contributed by atoms with Crippen molar-refractivity contribution in [2.45, 2.75) is 44.7 Å². The van der Waals surface area contributed by atoms with Gasteiger partial charge in [0.25, 0.3) is 0 Å². The normalized spacial score (nSPS) is 11.9. The number of ether oxygens (including phenoxy) is 1. The predicted molar refractivity (Wildman–Crippen MR) is 120 cm³/mol. The molecule has 0 N–H and O–H groups in total. The molecular weight excluding hydrogens is 396 g/mol. The summed E-state index contributed by atoms with van der Waals surface area (Å²) in [4.78, 5) is 14.6. The third-order valence-corrected chi connectivity index (χ3v) is 5.90. The molecule has 1 unspecified atom stereocenters. The summed E-state index contributed by atoms with van der Waals surface area (Å²) in [5, 5.41) is 9.18. The minimum atomic E-state index is -0.262. The molecule has 1 heterocycles. The van der Waals surface area contributed by atoms with E-state index in [1.165, 1.54) is 11.8 Å². The van der Waals surface area contributed by atoms with Gasteiger partial charge in [0, 0.05) is 18.8 Å².